The SMILES string of the molecule is Cc1cn([C@@]2(N=[N+]=[N-])C[C@H](O)[C@@H](CO)O2)c(=O)[nH]c1=O.O=P(O)(O)O. The van der Waals surface area contributed by atoms with Gasteiger partial charge >= 0.3 is 13.5 Å². The average molecular weight is 381 g/mol. The van der Waals surface area contributed by atoms with Crippen LogP contribution in [0.4, 0.5) is 0 Å². The summed E-state index contributed by atoms with van der Waals surface area (Å²) in [6.07, 6.45) is -1.13. The number of aryl methyl sites for hydroxylation is 1. The Balaban J connectivity index is 0.000000550. The van der Waals surface area contributed by atoms with Crippen molar-refractivity contribution in [1.29, 1.82) is 0 Å². The summed E-state index contributed by atoms with van der Waals surface area (Å²) in [7, 11) is -4.64. The van der Waals surface area contributed by atoms with Crippen LogP contribution in [0.25, 0.3) is 10.4 Å². The fourth-order valence-corrected chi connectivity index (χ4v) is 2.10. The van der Waals surface area contributed by atoms with Crippen LogP contribution in [-0.2, 0) is 15.2 Å². The standard InChI is InChI=1S/C10H13N5O5.H3O4P/c1-5-3-15(9(19)12-8(5)18)10(13-14-11)2-6(17)7(4-16)20-10;1-5(2,3)4/h3,6-7,16-17H,2,4H2,1H3,(H,12,18,19);(H3,1,2,3,4)/t6-,7+,10-;/m0./s1. The van der Waals surface area contributed by atoms with Crippen LogP contribution in [0, 0.1) is 6.92 Å². The lowest BCUT2D eigenvalue weighted by molar-refractivity contribution is -0.115. The number of azide groups is 1. The predicted octanol–water partition coefficient (Wildman–Crippen LogP) is -2.02. The van der Waals surface area contributed by atoms with Crippen LogP contribution < -0.4 is 11.2 Å². The molecule has 1 fully saturated rings. The third kappa shape index (κ3) is 5.49. The summed E-state index contributed by atoms with van der Waals surface area (Å²) in [5.41, 5.74) is 7.47. The molecule has 6 N–H and O–H groups in total. The Kier molecular flexibility index (Phi) is 6.65. The van der Waals surface area contributed by atoms with Gasteiger partial charge < -0.3 is 29.6 Å². The first-order valence-corrected chi connectivity index (χ1v) is 8.14. The molecule has 0 unspecified atom stereocenters. The first-order chi connectivity index (χ1) is 11.4. The lowest BCUT2D eigenvalue weighted by Gasteiger charge is -2.25. The summed E-state index contributed by atoms with van der Waals surface area (Å²) in [6.45, 7) is 0.967. The van der Waals surface area contributed by atoms with Crippen LogP contribution in [0.5, 0.6) is 0 Å². The molecule has 14 nitrogen and oxygen atoms in total. The number of nitrogens with one attached hydrogen (secondary N) is 1. The second-order valence-corrected chi connectivity index (χ2v) is 6.02. The first kappa shape index (κ1) is 21.0. The molecule has 1 aromatic heterocycles. The van der Waals surface area contributed by atoms with Crippen molar-refractivity contribution in [3.63, 3.8) is 0 Å². The van der Waals surface area contributed by atoms with Gasteiger partial charge in [-0.1, -0.05) is 0 Å². The highest BCUT2D eigenvalue weighted by Gasteiger charge is 2.47. The van der Waals surface area contributed by atoms with E-state index in [1.54, 1.807) is 0 Å². The fourth-order valence-electron chi connectivity index (χ4n) is 2.10. The maximum atomic E-state index is 11.9. The Morgan fingerprint density at radius 3 is 2.52 bits per heavy atom. The number of aromatic amines is 1. The van der Waals surface area contributed by atoms with Gasteiger partial charge in [-0.15, -0.1) is 0 Å². The molecule has 2 heterocycles. The summed E-state index contributed by atoms with van der Waals surface area (Å²) in [5.74, 6) is -1.81. The number of aliphatic hydroxyl groups excluding tert-OH is 2. The Morgan fingerprint density at radius 1 is 1.52 bits per heavy atom. The van der Waals surface area contributed by atoms with Gasteiger partial charge in [0.1, 0.15) is 6.10 Å². The van der Waals surface area contributed by atoms with Crippen molar-refractivity contribution in [2.75, 3.05) is 6.61 Å². The van der Waals surface area contributed by atoms with E-state index in [9.17, 15) is 14.7 Å². The molecular formula is C10H16N5O9P. The quantitative estimate of drug-likeness (QED) is 0.146. The number of rotatable bonds is 3. The second-order valence-electron chi connectivity index (χ2n) is 5.00. The molecule has 0 aliphatic carbocycles. The van der Waals surface area contributed by atoms with E-state index < -0.39 is 43.7 Å². The van der Waals surface area contributed by atoms with Crippen LogP contribution >= 0.6 is 7.82 Å². The minimum atomic E-state index is -4.64. The van der Waals surface area contributed by atoms with E-state index >= 15 is 0 Å². The van der Waals surface area contributed by atoms with Gasteiger partial charge in [0.25, 0.3) is 5.56 Å². The van der Waals surface area contributed by atoms with Crippen LogP contribution in [0.2, 0.25) is 0 Å². The Bertz CT molecular complexity index is 817. The van der Waals surface area contributed by atoms with Gasteiger partial charge in [0, 0.05) is 23.1 Å². The maximum absolute atomic E-state index is 11.9. The van der Waals surface area contributed by atoms with Gasteiger partial charge in [-0.2, -0.15) is 0 Å². The lowest BCUT2D eigenvalue weighted by atomic mass is 10.1. The zero-order chi connectivity index (χ0) is 19.4. The zero-order valence-electron chi connectivity index (χ0n) is 12.8. The van der Waals surface area contributed by atoms with E-state index in [-0.39, 0.29) is 12.0 Å². The van der Waals surface area contributed by atoms with Crippen molar-refractivity contribution in [3.05, 3.63) is 43.0 Å². The zero-order valence-corrected chi connectivity index (χ0v) is 13.6. The monoisotopic (exact) mass is 381 g/mol. The van der Waals surface area contributed by atoms with E-state index in [0.29, 0.717) is 0 Å². The van der Waals surface area contributed by atoms with Crippen LogP contribution in [-0.4, -0.2) is 53.3 Å². The summed E-state index contributed by atoms with van der Waals surface area (Å²) in [6, 6.07) is 0. The molecule has 0 radical (unpaired) electrons. The van der Waals surface area contributed by atoms with Crippen LogP contribution in [0.15, 0.2) is 20.9 Å². The summed E-state index contributed by atoms with van der Waals surface area (Å²) >= 11 is 0. The third-order valence-electron chi connectivity index (χ3n) is 3.12. The number of phosphoric acid groups is 1. The number of hydrogen-bond donors (Lipinski definition) is 6. The smallest absolute Gasteiger partial charge is 0.394 e. The van der Waals surface area contributed by atoms with E-state index in [4.69, 9.17) is 34.6 Å². The van der Waals surface area contributed by atoms with E-state index in [1.165, 1.54) is 13.1 Å². The number of nitrogens with zero attached hydrogens (tertiary/aromatic N) is 4. The predicted molar refractivity (Wildman–Crippen MR) is 80.0 cm³/mol. The topological polar surface area (TPSA) is 231 Å². The third-order valence-corrected chi connectivity index (χ3v) is 3.12. The normalized spacial score (nSPS) is 25.7. The average Bonchev–Trinajstić information content (AvgIpc) is 2.78. The Hall–Kier alpha value is -2.02. The summed E-state index contributed by atoms with van der Waals surface area (Å²) in [4.78, 5) is 49.5. The second kappa shape index (κ2) is 7.91. The van der Waals surface area contributed by atoms with Gasteiger partial charge in [-0.05, 0) is 17.6 Å². The highest BCUT2D eigenvalue weighted by molar-refractivity contribution is 7.45. The Morgan fingerprint density at radius 2 is 2.08 bits per heavy atom. The van der Waals surface area contributed by atoms with Gasteiger partial charge in [-0.3, -0.25) is 14.3 Å². The number of ether oxygens (including phenoxy) is 1. The molecule has 140 valence electrons. The highest BCUT2D eigenvalue weighted by atomic mass is 31.2. The van der Waals surface area contributed by atoms with Gasteiger partial charge in [0.05, 0.1) is 12.7 Å². The molecule has 0 spiro atoms. The largest absolute Gasteiger partial charge is 0.466 e. The van der Waals surface area contributed by atoms with Gasteiger partial charge in [0.2, 0.25) is 5.85 Å². The molecule has 1 aromatic rings. The first-order valence-electron chi connectivity index (χ1n) is 6.58. The maximum Gasteiger partial charge on any atom is 0.466 e. The van der Waals surface area contributed by atoms with Gasteiger partial charge in [-0.25, -0.2) is 9.36 Å². The van der Waals surface area contributed by atoms with Crippen molar-refractivity contribution in [1.82, 2.24) is 9.55 Å². The number of aliphatic hydroxyl groups is 2. The fraction of sp³-hybridized carbons (Fsp3) is 0.600. The van der Waals surface area contributed by atoms with Gasteiger partial charge in [0.15, 0.2) is 0 Å². The molecule has 0 amide bonds. The highest BCUT2D eigenvalue weighted by Crippen LogP contribution is 2.35. The minimum absolute atomic E-state index is 0.211. The molecule has 0 saturated carbocycles. The van der Waals surface area contributed by atoms with Crippen molar-refractivity contribution >= 4 is 7.82 Å². The van der Waals surface area contributed by atoms with Crippen LogP contribution in [0.3, 0.4) is 0 Å². The lowest BCUT2D eigenvalue weighted by Crippen LogP contribution is -2.43. The molecule has 0 bridgehead atoms. The number of hydrogen-bond acceptors (Lipinski definition) is 7. The molecule has 3 atom stereocenters. The van der Waals surface area contributed by atoms with E-state index in [0.717, 1.165) is 4.57 Å². The van der Waals surface area contributed by atoms with E-state index in [1.807, 2.05) is 0 Å². The molecule has 1 aliphatic heterocycles. The molecule has 1 saturated heterocycles. The molecule has 25 heavy (non-hydrogen) atoms. The van der Waals surface area contributed by atoms with Crippen molar-refractivity contribution in [2.45, 2.75) is 31.4 Å². The molecule has 0 aromatic carbocycles. The molecule has 2 rings (SSSR count). The number of H-pyrrole nitrogens is 1. The molecule has 1 aliphatic rings. The van der Waals surface area contributed by atoms with Crippen molar-refractivity contribution < 1.29 is 34.2 Å². The summed E-state index contributed by atoms with van der Waals surface area (Å²) in [5, 5.41) is 22.3. The van der Waals surface area contributed by atoms with Crippen LogP contribution in [0.1, 0.15) is 12.0 Å². The van der Waals surface area contributed by atoms with E-state index in [2.05, 4.69) is 15.0 Å². The Labute approximate surface area is 138 Å². The van der Waals surface area contributed by atoms with Crippen molar-refractivity contribution in [3.8, 4) is 0 Å². The molecular weight excluding hydrogens is 365 g/mol. The van der Waals surface area contributed by atoms with Crippen molar-refractivity contribution in [2.24, 2.45) is 5.11 Å². The number of aromatic nitrogens is 2. The summed E-state index contributed by atoms with van der Waals surface area (Å²) < 4.78 is 15.1. The minimum Gasteiger partial charge on any atom is -0.394 e. The molecule has 15 heteroatoms.